The lowest BCUT2D eigenvalue weighted by Crippen LogP contribution is -2.57. The maximum absolute atomic E-state index is 7.47. The van der Waals surface area contributed by atoms with Gasteiger partial charge in [-0.05, 0) is 132 Å². The highest BCUT2D eigenvalue weighted by molar-refractivity contribution is 7.22. The third-order valence-electron chi connectivity index (χ3n) is 8.63. The van der Waals surface area contributed by atoms with Crippen LogP contribution >= 0.6 is 11.3 Å². The molecule has 1 fully saturated rings. The van der Waals surface area contributed by atoms with Gasteiger partial charge >= 0.3 is 0 Å². The number of hydrogen-bond acceptors (Lipinski definition) is 6. The number of likely N-dealkylation sites (tertiary alicyclic amines) is 1. The minimum atomic E-state index is -2.51. The van der Waals surface area contributed by atoms with E-state index in [4.69, 9.17) is 23.1 Å². The Kier molecular flexibility index (Phi) is 7.66. The summed E-state index contributed by atoms with van der Waals surface area (Å²) in [7, 11) is -0.836. The van der Waals surface area contributed by atoms with Crippen LogP contribution in [0.5, 0.6) is 28.7 Å². The Morgan fingerprint density at radius 2 is 1.71 bits per heavy atom. The zero-order valence-corrected chi connectivity index (χ0v) is 26.9. The number of aryl methyl sites for hydroxylation is 3. The van der Waals surface area contributed by atoms with Crippen LogP contribution in [0.3, 0.4) is 0 Å². The smallest absolute Gasteiger partial charge is 0.153 e. The number of fused-ring (bicyclic) bond motifs is 1. The van der Waals surface area contributed by atoms with E-state index in [0.29, 0.717) is 24.4 Å². The van der Waals surface area contributed by atoms with Gasteiger partial charge in [-0.15, -0.1) is 11.3 Å². The van der Waals surface area contributed by atoms with Crippen LogP contribution in [0.4, 0.5) is 0 Å². The van der Waals surface area contributed by atoms with Crippen LogP contribution in [-0.4, -0.2) is 43.3 Å². The Hall–Kier alpha value is -3.22. The molecule has 2 atom stereocenters. The Labute approximate surface area is 259 Å². The quantitative estimate of drug-likeness (QED) is 0.194. The van der Waals surface area contributed by atoms with E-state index in [1.807, 2.05) is 51.1 Å². The summed E-state index contributed by atoms with van der Waals surface area (Å²) in [5.74, 6) is 3.44. The monoisotopic (exact) mass is 590 g/mol. The number of benzene rings is 3. The molecule has 1 aliphatic heterocycles. The molecule has 4 aromatic rings. The van der Waals surface area contributed by atoms with Gasteiger partial charge < -0.3 is 18.9 Å². The summed E-state index contributed by atoms with van der Waals surface area (Å²) in [6.45, 7) is 15.9. The SMILES string of the molecule is [2H]C([2H])([2H])Oc1ccc(-c2sc3cc(OC)c(C)cc3c2Oc2ccc(OCC(C)N3C(C)CCCC3(C)C)cc2C)c(C)c1. The van der Waals surface area contributed by atoms with Crippen molar-refractivity contribution >= 4 is 21.4 Å². The van der Waals surface area contributed by atoms with Crippen molar-refractivity contribution in [1.29, 1.82) is 0 Å². The first-order chi connectivity index (χ1) is 21.2. The fraction of sp³-hybridized carbons (Fsp3) is 0.444. The lowest BCUT2D eigenvalue weighted by molar-refractivity contribution is -0.0169. The van der Waals surface area contributed by atoms with Crippen molar-refractivity contribution in [1.82, 2.24) is 4.90 Å². The first kappa shape index (κ1) is 26.4. The van der Waals surface area contributed by atoms with Crippen molar-refractivity contribution in [3.63, 3.8) is 0 Å². The molecule has 0 amide bonds. The number of ether oxygens (including phenoxy) is 4. The number of nitrogens with zero attached hydrogens (tertiary/aromatic N) is 1. The molecule has 3 aromatic carbocycles. The number of thiophene rings is 1. The van der Waals surface area contributed by atoms with Gasteiger partial charge in [0, 0.05) is 27.7 Å². The van der Waals surface area contributed by atoms with Crippen LogP contribution in [0.1, 0.15) is 67.8 Å². The molecule has 42 heavy (non-hydrogen) atoms. The van der Waals surface area contributed by atoms with E-state index in [1.165, 1.54) is 19.3 Å². The maximum atomic E-state index is 7.47. The largest absolute Gasteiger partial charge is 0.497 e. The average molecular weight is 591 g/mol. The summed E-state index contributed by atoms with van der Waals surface area (Å²) >= 11 is 1.62. The number of methoxy groups -OCH3 is 2. The van der Waals surface area contributed by atoms with E-state index in [9.17, 15) is 0 Å². The van der Waals surface area contributed by atoms with E-state index >= 15 is 0 Å². The van der Waals surface area contributed by atoms with Crippen molar-refractivity contribution in [3.8, 4) is 39.2 Å². The van der Waals surface area contributed by atoms with Crippen molar-refractivity contribution < 1.29 is 23.1 Å². The normalized spacial score (nSPS) is 19.0. The molecular weight excluding hydrogens is 542 g/mol. The van der Waals surface area contributed by atoms with Crippen LogP contribution in [0.15, 0.2) is 48.5 Å². The predicted octanol–water partition coefficient (Wildman–Crippen LogP) is 9.72. The van der Waals surface area contributed by atoms with Crippen LogP contribution in [0.2, 0.25) is 0 Å². The highest BCUT2D eigenvalue weighted by Crippen LogP contribution is 2.49. The molecule has 0 aliphatic carbocycles. The highest BCUT2D eigenvalue weighted by atomic mass is 32.1. The molecule has 1 saturated heterocycles. The van der Waals surface area contributed by atoms with E-state index in [2.05, 4.69) is 38.7 Å². The molecule has 0 saturated carbocycles. The number of piperidine rings is 1. The van der Waals surface area contributed by atoms with Crippen LogP contribution in [0.25, 0.3) is 20.5 Å². The first-order valence-electron chi connectivity index (χ1n) is 16.3. The Bertz CT molecular complexity index is 1680. The molecule has 0 spiro atoms. The third-order valence-corrected chi connectivity index (χ3v) is 9.80. The molecule has 0 radical (unpaired) electrons. The molecule has 5 nitrogen and oxygen atoms in total. The molecule has 2 heterocycles. The zero-order valence-electron chi connectivity index (χ0n) is 29.1. The minimum absolute atomic E-state index is 0.165. The van der Waals surface area contributed by atoms with Gasteiger partial charge in [-0.3, -0.25) is 4.90 Å². The fourth-order valence-electron chi connectivity index (χ4n) is 6.62. The molecule has 1 aliphatic rings. The summed E-state index contributed by atoms with van der Waals surface area (Å²) in [5, 5.41) is 0.988. The van der Waals surface area contributed by atoms with Crippen molar-refractivity contribution in [2.75, 3.05) is 20.8 Å². The molecule has 2 unspecified atom stereocenters. The Morgan fingerprint density at radius 1 is 0.976 bits per heavy atom. The molecule has 5 rings (SSSR count). The number of hydrogen-bond donors (Lipinski definition) is 0. The molecule has 224 valence electrons. The van der Waals surface area contributed by atoms with Gasteiger partial charge in [0.05, 0.1) is 23.1 Å². The first-order valence-corrected chi connectivity index (χ1v) is 15.6. The van der Waals surface area contributed by atoms with Gasteiger partial charge in [0.15, 0.2) is 5.75 Å². The molecule has 6 heteroatoms. The molecular formula is C36H45NO4S. The average Bonchev–Trinajstić information content (AvgIpc) is 3.27. The summed E-state index contributed by atoms with van der Waals surface area (Å²) < 4.78 is 47.3. The zero-order chi connectivity index (χ0) is 32.7. The Morgan fingerprint density at radius 3 is 2.40 bits per heavy atom. The third kappa shape index (κ3) is 5.97. The van der Waals surface area contributed by atoms with Crippen molar-refractivity contribution in [3.05, 3.63) is 65.2 Å². The van der Waals surface area contributed by atoms with Gasteiger partial charge in [0.1, 0.15) is 29.6 Å². The van der Waals surface area contributed by atoms with Crippen LogP contribution in [0, 0.1) is 20.8 Å². The molecule has 0 N–H and O–H groups in total. The van der Waals surface area contributed by atoms with Gasteiger partial charge in [-0.2, -0.15) is 0 Å². The van der Waals surface area contributed by atoms with E-state index in [-0.39, 0.29) is 5.54 Å². The second-order valence-corrected chi connectivity index (χ2v) is 13.4. The number of rotatable bonds is 9. The topological polar surface area (TPSA) is 40.2 Å². The van der Waals surface area contributed by atoms with Crippen LogP contribution in [-0.2, 0) is 0 Å². The van der Waals surface area contributed by atoms with E-state index in [0.717, 1.165) is 60.2 Å². The van der Waals surface area contributed by atoms with Crippen molar-refractivity contribution in [2.45, 2.75) is 85.4 Å². The summed E-state index contributed by atoms with van der Waals surface area (Å²) in [5.41, 5.74) is 3.98. The predicted molar refractivity (Wildman–Crippen MR) is 175 cm³/mol. The minimum Gasteiger partial charge on any atom is -0.497 e. The summed E-state index contributed by atoms with van der Waals surface area (Å²) in [6.07, 6.45) is 3.71. The van der Waals surface area contributed by atoms with E-state index < -0.39 is 7.04 Å². The molecule has 1 aromatic heterocycles. The van der Waals surface area contributed by atoms with Gasteiger partial charge in [-0.1, -0.05) is 6.42 Å². The van der Waals surface area contributed by atoms with E-state index in [1.54, 1.807) is 30.6 Å². The highest BCUT2D eigenvalue weighted by Gasteiger charge is 2.37. The fourth-order valence-corrected chi connectivity index (χ4v) is 7.85. The standard InChI is InChI=1S/C36H45NO4S/c1-22-17-27(38-8)12-14-29(22)35-34(30-19-24(3)32(39-9)20-33(30)42-35)41-31-15-13-28(18-23(31)2)40-21-26(5)37-25(4)11-10-16-36(37,6)7/h12-15,17-20,25-26H,10-11,16,21H2,1-9H3/i8D3. The van der Waals surface area contributed by atoms with Gasteiger partial charge in [0.25, 0.3) is 0 Å². The summed E-state index contributed by atoms with van der Waals surface area (Å²) in [6, 6.07) is 16.3. The van der Waals surface area contributed by atoms with Crippen LogP contribution < -0.4 is 18.9 Å². The van der Waals surface area contributed by atoms with Gasteiger partial charge in [0.2, 0.25) is 0 Å². The second-order valence-electron chi connectivity index (χ2n) is 12.3. The Balaban J connectivity index is 1.44. The lowest BCUT2D eigenvalue weighted by Gasteiger charge is -2.49. The second kappa shape index (κ2) is 12.2. The van der Waals surface area contributed by atoms with Gasteiger partial charge in [-0.25, -0.2) is 0 Å². The maximum Gasteiger partial charge on any atom is 0.153 e. The molecule has 0 bridgehead atoms. The van der Waals surface area contributed by atoms with Crippen molar-refractivity contribution in [2.24, 2.45) is 0 Å². The lowest BCUT2D eigenvalue weighted by atomic mass is 9.85. The summed E-state index contributed by atoms with van der Waals surface area (Å²) in [4.78, 5) is 3.56.